The maximum atomic E-state index is 8.63. The predicted octanol–water partition coefficient (Wildman–Crippen LogP) is 3.59. The number of rotatable bonds is 4. The molecule has 4 unspecified atom stereocenters. The molecule has 0 saturated heterocycles. The zero-order valence-electron chi connectivity index (χ0n) is 10.4. The minimum Gasteiger partial charge on any atom is -0.375 e. The lowest BCUT2D eigenvalue weighted by Gasteiger charge is -2.37. The molecule has 0 heterocycles. The largest absolute Gasteiger partial charge is 0.375 e. The molecule has 16 heavy (non-hydrogen) atoms. The van der Waals surface area contributed by atoms with Gasteiger partial charge in [0.1, 0.15) is 5.38 Å². The molecule has 0 N–H and O–H groups in total. The highest BCUT2D eigenvalue weighted by Gasteiger charge is 2.31. The standard InChI is InChI=1S/C13H22ClNO/c1-9(2)12-5-4-10(3)6-13(12)16-8-11(14)7-15/h9-13H,4-6,8H2,1-3H3. The Bertz CT molecular complexity index is 249. The lowest BCUT2D eigenvalue weighted by molar-refractivity contribution is -0.0352. The minimum absolute atomic E-state index is 0.290. The maximum Gasteiger partial charge on any atom is 0.143 e. The average Bonchev–Trinajstić information content (AvgIpc) is 2.25. The van der Waals surface area contributed by atoms with Crippen LogP contribution in [0.25, 0.3) is 0 Å². The van der Waals surface area contributed by atoms with Crippen molar-refractivity contribution >= 4 is 11.6 Å². The van der Waals surface area contributed by atoms with E-state index in [1.165, 1.54) is 12.8 Å². The fourth-order valence-corrected chi connectivity index (χ4v) is 2.62. The van der Waals surface area contributed by atoms with Gasteiger partial charge in [-0.3, -0.25) is 0 Å². The Morgan fingerprint density at radius 2 is 2.12 bits per heavy atom. The summed E-state index contributed by atoms with van der Waals surface area (Å²) in [6.45, 7) is 7.13. The van der Waals surface area contributed by atoms with E-state index in [4.69, 9.17) is 21.6 Å². The Labute approximate surface area is 104 Å². The van der Waals surface area contributed by atoms with E-state index < -0.39 is 5.38 Å². The third-order valence-corrected chi connectivity index (χ3v) is 3.78. The molecule has 0 aromatic heterocycles. The second kappa shape index (κ2) is 6.47. The molecule has 0 radical (unpaired) electrons. The summed E-state index contributed by atoms with van der Waals surface area (Å²) in [7, 11) is 0. The SMILES string of the molecule is CC1CCC(C(C)C)C(OCC(Cl)C#N)C1. The Hall–Kier alpha value is -0.260. The van der Waals surface area contributed by atoms with Crippen LogP contribution in [0.3, 0.4) is 0 Å². The van der Waals surface area contributed by atoms with E-state index in [2.05, 4.69) is 20.8 Å². The van der Waals surface area contributed by atoms with Gasteiger partial charge in [-0.1, -0.05) is 27.2 Å². The summed E-state index contributed by atoms with van der Waals surface area (Å²) in [5.41, 5.74) is 0. The number of halogens is 1. The lowest BCUT2D eigenvalue weighted by Crippen LogP contribution is -2.35. The molecule has 2 nitrogen and oxygen atoms in total. The van der Waals surface area contributed by atoms with Crippen molar-refractivity contribution in [2.24, 2.45) is 17.8 Å². The second-order valence-corrected chi connectivity index (χ2v) is 5.82. The van der Waals surface area contributed by atoms with E-state index in [1.54, 1.807) is 0 Å². The molecule has 1 aliphatic carbocycles. The number of ether oxygens (including phenoxy) is 1. The third kappa shape index (κ3) is 3.96. The lowest BCUT2D eigenvalue weighted by atomic mass is 9.75. The van der Waals surface area contributed by atoms with Crippen LogP contribution < -0.4 is 0 Å². The first-order valence-corrected chi connectivity index (χ1v) is 6.63. The van der Waals surface area contributed by atoms with Crippen molar-refractivity contribution in [3.8, 4) is 6.07 Å². The molecular formula is C13H22ClNO. The molecule has 3 heteroatoms. The van der Waals surface area contributed by atoms with Crippen LogP contribution in [-0.2, 0) is 4.74 Å². The highest BCUT2D eigenvalue weighted by molar-refractivity contribution is 6.22. The zero-order chi connectivity index (χ0) is 12.1. The summed E-state index contributed by atoms with van der Waals surface area (Å²) >= 11 is 5.76. The minimum atomic E-state index is -0.509. The van der Waals surface area contributed by atoms with Crippen LogP contribution in [0.15, 0.2) is 0 Å². The summed E-state index contributed by atoms with van der Waals surface area (Å²) in [4.78, 5) is 0. The Balaban J connectivity index is 2.48. The highest BCUT2D eigenvalue weighted by atomic mass is 35.5. The molecule has 1 aliphatic rings. The van der Waals surface area contributed by atoms with E-state index in [0.717, 1.165) is 12.3 Å². The van der Waals surface area contributed by atoms with Crippen LogP contribution in [0.5, 0.6) is 0 Å². The summed E-state index contributed by atoms with van der Waals surface area (Å²) < 4.78 is 5.83. The molecule has 0 aromatic carbocycles. The van der Waals surface area contributed by atoms with E-state index >= 15 is 0 Å². The fourth-order valence-electron chi connectivity index (χ4n) is 2.55. The quantitative estimate of drug-likeness (QED) is 0.707. The first-order valence-electron chi connectivity index (χ1n) is 6.19. The van der Waals surface area contributed by atoms with Gasteiger partial charge in [-0.15, -0.1) is 11.6 Å². The summed E-state index contributed by atoms with van der Waals surface area (Å²) in [5, 5.41) is 8.12. The van der Waals surface area contributed by atoms with Crippen LogP contribution in [0.1, 0.15) is 40.0 Å². The average molecular weight is 244 g/mol. The van der Waals surface area contributed by atoms with Gasteiger partial charge in [0.2, 0.25) is 0 Å². The number of alkyl halides is 1. The highest BCUT2D eigenvalue weighted by Crippen LogP contribution is 2.35. The van der Waals surface area contributed by atoms with Crippen molar-refractivity contribution in [3.05, 3.63) is 0 Å². The number of nitrogens with zero attached hydrogens (tertiary/aromatic N) is 1. The number of hydrogen-bond acceptors (Lipinski definition) is 2. The van der Waals surface area contributed by atoms with Gasteiger partial charge in [-0.2, -0.15) is 5.26 Å². The van der Waals surface area contributed by atoms with E-state index in [9.17, 15) is 0 Å². The van der Waals surface area contributed by atoms with E-state index in [-0.39, 0.29) is 0 Å². The Kier molecular flexibility index (Phi) is 5.58. The monoisotopic (exact) mass is 243 g/mol. The van der Waals surface area contributed by atoms with Gasteiger partial charge in [-0.25, -0.2) is 0 Å². The smallest absolute Gasteiger partial charge is 0.143 e. The molecule has 0 aromatic rings. The molecular weight excluding hydrogens is 222 g/mol. The molecule has 0 aliphatic heterocycles. The van der Waals surface area contributed by atoms with Crippen molar-refractivity contribution in [1.82, 2.24) is 0 Å². The summed E-state index contributed by atoms with van der Waals surface area (Å²) in [6.07, 6.45) is 3.94. The van der Waals surface area contributed by atoms with Crippen LogP contribution >= 0.6 is 11.6 Å². The van der Waals surface area contributed by atoms with Crippen molar-refractivity contribution in [3.63, 3.8) is 0 Å². The molecule has 92 valence electrons. The maximum absolute atomic E-state index is 8.63. The van der Waals surface area contributed by atoms with Crippen molar-refractivity contribution in [2.75, 3.05) is 6.61 Å². The third-order valence-electron chi connectivity index (χ3n) is 3.56. The van der Waals surface area contributed by atoms with Gasteiger partial charge >= 0.3 is 0 Å². The first kappa shape index (κ1) is 13.8. The normalized spacial score (nSPS) is 32.4. The van der Waals surface area contributed by atoms with Crippen LogP contribution in [0.2, 0.25) is 0 Å². The first-order chi connectivity index (χ1) is 7.54. The van der Waals surface area contributed by atoms with Gasteiger partial charge in [0.15, 0.2) is 0 Å². The zero-order valence-corrected chi connectivity index (χ0v) is 11.2. The summed E-state index contributed by atoms with van der Waals surface area (Å²) in [6, 6.07) is 2.00. The van der Waals surface area contributed by atoms with Gasteiger partial charge in [0, 0.05) is 0 Å². The molecule has 0 bridgehead atoms. The van der Waals surface area contributed by atoms with Crippen molar-refractivity contribution in [2.45, 2.75) is 51.5 Å². The van der Waals surface area contributed by atoms with Gasteiger partial charge < -0.3 is 4.74 Å². The van der Waals surface area contributed by atoms with Crippen molar-refractivity contribution < 1.29 is 4.74 Å². The molecule has 1 fully saturated rings. The molecule has 4 atom stereocenters. The Morgan fingerprint density at radius 3 is 2.69 bits per heavy atom. The van der Waals surface area contributed by atoms with Crippen LogP contribution in [-0.4, -0.2) is 18.1 Å². The van der Waals surface area contributed by atoms with E-state index in [1.807, 2.05) is 6.07 Å². The van der Waals surface area contributed by atoms with Crippen LogP contribution in [0, 0.1) is 29.1 Å². The topological polar surface area (TPSA) is 33.0 Å². The fraction of sp³-hybridized carbons (Fsp3) is 0.923. The molecule has 0 amide bonds. The number of hydrogen-bond donors (Lipinski definition) is 0. The molecule has 0 spiro atoms. The summed E-state index contributed by atoms with van der Waals surface area (Å²) in [5.74, 6) is 2.00. The van der Waals surface area contributed by atoms with Crippen molar-refractivity contribution in [1.29, 1.82) is 5.26 Å². The van der Waals surface area contributed by atoms with Gasteiger partial charge in [-0.05, 0) is 30.6 Å². The van der Waals surface area contributed by atoms with Gasteiger partial charge in [0.25, 0.3) is 0 Å². The second-order valence-electron chi connectivity index (χ2n) is 5.29. The van der Waals surface area contributed by atoms with Crippen LogP contribution in [0.4, 0.5) is 0 Å². The molecule has 1 saturated carbocycles. The Morgan fingerprint density at radius 1 is 1.44 bits per heavy atom. The molecule has 1 rings (SSSR count). The number of nitriles is 1. The van der Waals surface area contributed by atoms with E-state index in [0.29, 0.717) is 24.5 Å². The van der Waals surface area contributed by atoms with Gasteiger partial charge in [0.05, 0.1) is 18.8 Å². The predicted molar refractivity (Wildman–Crippen MR) is 66.3 cm³/mol.